The van der Waals surface area contributed by atoms with Gasteiger partial charge in [-0.3, -0.25) is 0 Å². The Morgan fingerprint density at radius 1 is 1.26 bits per heavy atom. The van der Waals surface area contributed by atoms with Gasteiger partial charge in [-0.2, -0.15) is 0 Å². The molecule has 19 heavy (non-hydrogen) atoms. The Kier molecular flexibility index (Phi) is 4.88. The Balaban J connectivity index is 2.62. The topological polar surface area (TPSA) is 49.8 Å². The second-order valence-corrected chi connectivity index (χ2v) is 7.64. The molecule has 1 N–H and O–H groups in total. The van der Waals surface area contributed by atoms with Crippen LogP contribution in [0.2, 0.25) is 0 Å². The van der Waals surface area contributed by atoms with Crippen molar-refractivity contribution >= 4 is 6.09 Å². The fourth-order valence-corrected chi connectivity index (χ4v) is 2.47. The highest BCUT2D eigenvalue weighted by Gasteiger charge is 2.35. The zero-order chi connectivity index (χ0) is 14.8. The highest BCUT2D eigenvalue weighted by molar-refractivity contribution is 5.68. The molecule has 2 unspecified atom stereocenters. The number of hydrogen-bond donors (Lipinski definition) is 1. The minimum Gasteiger partial charge on any atom is -0.444 e. The first-order valence-corrected chi connectivity index (χ1v) is 7.17. The lowest BCUT2D eigenvalue weighted by Gasteiger charge is -2.40. The lowest BCUT2D eigenvalue weighted by atomic mass is 9.78. The van der Waals surface area contributed by atoms with Crippen LogP contribution in [0, 0.1) is 11.3 Å². The Hall–Kier alpha value is -0.770. The fraction of sp³-hybridized carbons (Fsp3) is 0.933. The first-order chi connectivity index (χ1) is 8.50. The van der Waals surface area contributed by atoms with E-state index in [-0.39, 0.29) is 17.4 Å². The van der Waals surface area contributed by atoms with Crippen molar-refractivity contribution < 1.29 is 14.6 Å². The molecule has 0 bridgehead atoms. The zero-order valence-electron chi connectivity index (χ0n) is 13.2. The Morgan fingerprint density at radius 3 is 2.32 bits per heavy atom. The Labute approximate surface area is 117 Å². The van der Waals surface area contributed by atoms with Gasteiger partial charge in [-0.25, -0.2) is 4.79 Å². The van der Waals surface area contributed by atoms with Crippen molar-refractivity contribution in [2.24, 2.45) is 11.3 Å². The molecule has 4 heteroatoms. The number of carbonyl (C=O) groups is 1. The minimum atomic E-state index is -0.466. The third-order valence-corrected chi connectivity index (χ3v) is 3.44. The van der Waals surface area contributed by atoms with Gasteiger partial charge in [0.25, 0.3) is 0 Å². The van der Waals surface area contributed by atoms with E-state index in [4.69, 9.17) is 4.74 Å². The standard InChI is InChI=1S/C15H29NO3/c1-14(2,3)12(17)11-8-7-9-16(10-11)13(18)19-15(4,5)6/h11-12,17H,7-10H2,1-6H3. The van der Waals surface area contributed by atoms with E-state index >= 15 is 0 Å². The molecule has 0 radical (unpaired) electrons. The molecule has 1 fully saturated rings. The number of amides is 1. The molecule has 1 heterocycles. The summed E-state index contributed by atoms with van der Waals surface area (Å²) in [5.41, 5.74) is -0.617. The quantitative estimate of drug-likeness (QED) is 0.797. The summed E-state index contributed by atoms with van der Waals surface area (Å²) in [5, 5.41) is 10.4. The number of likely N-dealkylation sites (tertiary alicyclic amines) is 1. The van der Waals surface area contributed by atoms with Gasteiger partial charge in [0.1, 0.15) is 5.60 Å². The Morgan fingerprint density at radius 2 is 1.84 bits per heavy atom. The molecule has 0 aromatic carbocycles. The van der Waals surface area contributed by atoms with Crippen molar-refractivity contribution in [1.29, 1.82) is 0 Å². The molecule has 112 valence electrons. The molecule has 1 rings (SSSR count). The summed E-state index contributed by atoms with van der Waals surface area (Å²) >= 11 is 0. The second-order valence-electron chi connectivity index (χ2n) is 7.64. The number of rotatable bonds is 1. The van der Waals surface area contributed by atoms with E-state index < -0.39 is 11.7 Å². The molecule has 0 aromatic heterocycles. The van der Waals surface area contributed by atoms with Gasteiger partial charge >= 0.3 is 6.09 Å². The van der Waals surface area contributed by atoms with Crippen LogP contribution in [0.3, 0.4) is 0 Å². The van der Waals surface area contributed by atoms with Crippen LogP contribution >= 0.6 is 0 Å². The number of aliphatic hydroxyl groups excluding tert-OH is 1. The molecule has 0 aromatic rings. The number of nitrogens with zero attached hydrogens (tertiary/aromatic N) is 1. The first kappa shape index (κ1) is 16.3. The van der Waals surface area contributed by atoms with E-state index in [0.29, 0.717) is 6.54 Å². The number of aliphatic hydroxyl groups is 1. The van der Waals surface area contributed by atoms with Gasteiger partial charge < -0.3 is 14.7 Å². The normalized spacial score (nSPS) is 23.1. The maximum absolute atomic E-state index is 12.1. The number of hydrogen-bond acceptors (Lipinski definition) is 3. The summed E-state index contributed by atoms with van der Waals surface area (Å²) < 4.78 is 5.40. The van der Waals surface area contributed by atoms with Crippen molar-refractivity contribution in [3.05, 3.63) is 0 Å². The predicted octanol–water partition coefficient (Wildman–Crippen LogP) is 3.04. The predicted molar refractivity (Wildman–Crippen MR) is 76.0 cm³/mol. The molecule has 0 aliphatic carbocycles. The molecule has 2 atom stereocenters. The van der Waals surface area contributed by atoms with Crippen LogP contribution in [0.5, 0.6) is 0 Å². The van der Waals surface area contributed by atoms with Gasteiger partial charge in [0.05, 0.1) is 6.10 Å². The third-order valence-electron chi connectivity index (χ3n) is 3.44. The van der Waals surface area contributed by atoms with Gasteiger partial charge in [0.2, 0.25) is 0 Å². The SMILES string of the molecule is CC(C)(C)OC(=O)N1CCCC(C(O)C(C)(C)C)C1. The highest BCUT2D eigenvalue weighted by atomic mass is 16.6. The van der Waals surface area contributed by atoms with E-state index in [1.807, 2.05) is 41.5 Å². The summed E-state index contributed by atoms with van der Waals surface area (Å²) in [6, 6.07) is 0. The summed E-state index contributed by atoms with van der Waals surface area (Å²) in [6.07, 6.45) is 1.24. The molecule has 4 nitrogen and oxygen atoms in total. The second kappa shape index (κ2) is 5.70. The van der Waals surface area contributed by atoms with E-state index in [0.717, 1.165) is 19.4 Å². The molecule has 0 spiro atoms. The average molecular weight is 271 g/mol. The monoisotopic (exact) mass is 271 g/mol. The lowest BCUT2D eigenvalue weighted by molar-refractivity contribution is -0.0280. The molecule has 1 aliphatic heterocycles. The van der Waals surface area contributed by atoms with E-state index in [2.05, 4.69) is 0 Å². The number of carbonyl (C=O) groups excluding carboxylic acids is 1. The average Bonchev–Trinajstić information content (AvgIpc) is 2.24. The van der Waals surface area contributed by atoms with Crippen molar-refractivity contribution in [3.63, 3.8) is 0 Å². The van der Waals surface area contributed by atoms with Gasteiger partial charge in [-0.05, 0) is 39.0 Å². The lowest BCUT2D eigenvalue weighted by Crippen LogP contribution is -2.48. The van der Waals surface area contributed by atoms with Crippen molar-refractivity contribution in [1.82, 2.24) is 4.90 Å². The molecular weight excluding hydrogens is 242 g/mol. The highest BCUT2D eigenvalue weighted by Crippen LogP contribution is 2.31. The van der Waals surface area contributed by atoms with E-state index in [1.54, 1.807) is 4.90 Å². The molecule has 1 aliphatic rings. The van der Waals surface area contributed by atoms with Crippen LogP contribution in [0.25, 0.3) is 0 Å². The smallest absolute Gasteiger partial charge is 0.410 e. The molecule has 1 amide bonds. The van der Waals surface area contributed by atoms with E-state index in [9.17, 15) is 9.90 Å². The first-order valence-electron chi connectivity index (χ1n) is 7.17. The maximum Gasteiger partial charge on any atom is 0.410 e. The van der Waals surface area contributed by atoms with Crippen LogP contribution in [0.1, 0.15) is 54.4 Å². The number of piperidine rings is 1. The van der Waals surface area contributed by atoms with Gasteiger partial charge in [-0.15, -0.1) is 0 Å². The molecular formula is C15H29NO3. The zero-order valence-corrected chi connectivity index (χ0v) is 13.2. The summed E-state index contributed by atoms with van der Waals surface area (Å²) in [6.45, 7) is 13.0. The Bertz CT molecular complexity index is 314. The van der Waals surface area contributed by atoms with Crippen LogP contribution < -0.4 is 0 Å². The van der Waals surface area contributed by atoms with Gasteiger partial charge in [0, 0.05) is 19.0 Å². The van der Waals surface area contributed by atoms with Crippen LogP contribution in [-0.4, -0.2) is 40.9 Å². The fourth-order valence-electron chi connectivity index (χ4n) is 2.47. The van der Waals surface area contributed by atoms with Gasteiger partial charge in [-0.1, -0.05) is 20.8 Å². The van der Waals surface area contributed by atoms with Crippen molar-refractivity contribution in [2.45, 2.75) is 66.1 Å². The molecule has 1 saturated heterocycles. The molecule has 0 saturated carbocycles. The summed E-state index contributed by atoms with van der Waals surface area (Å²) in [7, 11) is 0. The number of ether oxygens (including phenoxy) is 1. The van der Waals surface area contributed by atoms with E-state index in [1.165, 1.54) is 0 Å². The third kappa shape index (κ3) is 5.01. The summed E-state index contributed by atoms with van der Waals surface area (Å²) in [4.78, 5) is 13.8. The largest absolute Gasteiger partial charge is 0.444 e. The van der Waals surface area contributed by atoms with Gasteiger partial charge in [0.15, 0.2) is 0 Å². The minimum absolute atomic E-state index is 0.140. The van der Waals surface area contributed by atoms with Crippen LogP contribution in [-0.2, 0) is 4.74 Å². The van der Waals surface area contributed by atoms with Crippen molar-refractivity contribution in [2.75, 3.05) is 13.1 Å². The maximum atomic E-state index is 12.1. The summed E-state index contributed by atoms with van der Waals surface area (Å²) in [5.74, 6) is 0.140. The van der Waals surface area contributed by atoms with Crippen molar-refractivity contribution in [3.8, 4) is 0 Å². The van der Waals surface area contributed by atoms with Crippen LogP contribution in [0.4, 0.5) is 4.79 Å². The van der Waals surface area contributed by atoms with Crippen LogP contribution in [0.15, 0.2) is 0 Å².